The van der Waals surface area contributed by atoms with Gasteiger partial charge in [-0.25, -0.2) is 4.98 Å². The summed E-state index contributed by atoms with van der Waals surface area (Å²) >= 11 is 0. The van der Waals surface area contributed by atoms with Crippen LogP contribution in [0.3, 0.4) is 0 Å². The third-order valence-corrected chi connectivity index (χ3v) is 14.2. The van der Waals surface area contributed by atoms with Gasteiger partial charge >= 0.3 is 0 Å². The van der Waals surface area contributed by atoms with E-state index in [0.717, 1.165) is 100 Å². The summed E-state index contributed by atoms with van der Waals surface area (Å²) in [6.45, 7) is 20.6. The molecule has 12 aromatic rings. The first-order valence-corrected chi connectivity index (χ1v) is 25.0. The summed E-state index contributed by atoms with van der Waals surface area (Å²) in [7, 11) is 0. The molecule has 0 atom stereocenters. The second kappa shape index (κ2) is 16.7. The predicted molar refractivity (Wildman–Crippen MR) is 297 cm³/mol. The quantitative estimate of drug-likeness (QED) is 0.118. The first kappa shape index (κ1) is 45.0. The van der Waals surface area contributed by atoms with Crippen LogP contribution in [0.1, 0.15) is 79.0 Å². The second-order valence-electron chi connectivity index (χ2n) is 22.3. The van der Waals surface area contributed by atoms with E-state index in [1.807, 2.05) is 18.3 Å². The molecule has 12 rings (SSSR count). The molecule has 6 nitrogen and oxygen atoms in total. The summed E-state index contributed by atoms with van der Waals surface area (Å²) in [6.07, 6.45) is 5.85. The Balaban J connectivity index is 1.03. The Morgan fingerprint density at radius 1 is 0.500 bits per heavy atom. The predicted octanol–water partition coefficient (Wildman–Crippen LogP) is 17.1. The van der Waals surface area contributed by atoms with Crippen LogP contribution >= 0.6 is 0 Å². The van der Waals surface area contributed by atoms with E-state index in [0.29, 0.717) is 0 Å². The van der Waals surface area contributed by atoms with Crippen molar-refractivity contribution in [2.24, 2.45) is 0 Å². The number of hydrogen-bond acceptors (Lipinski definition) is 3. The molecule has 0 spiro atoms. The topological polar surface area (TPSA) is 49.0 Å². The fourth-order valence-electron chi connectivity index (χ4n) is 10.4. The van der Waals surface area contributed by atoms with Crippen LogP contribution in [0.4, 0.5) is 0 Å². The number of hydrogen-bond donors (Lipinski definition) is 0. The molecule has 0 bridgehead atoms. The maximum Gasteiger partial charge on any atom is 0.269 e. The number of pyridine rings is 1. The van der Waals surface area contributed by atoms with E-state index >= 15 is 0 Å². The summed E-state index contributed by atoms with van der Waals surface area (Å²) < 4.78 is 20.3. The SMILES string of the molecule is CC(C)(C)c1ccnc(-n2c3ccccc3c3ccc(Oc4cccc(-n5[c-][n+](-c6c(-c7cc(-c8ccccc8)c8oc9ccccc9c8c7)cc(C(C)(C)C)cc6C(C)(C)C)c6ccccc65)c4)cc32)c1. The van der Waals surface area contributed by atoms with Crippen LogP contribution in [0.5, 0.6) is 11.5 Å². The van der Waals surface area contributed by atoms with E-state index in [-0.39, 0.29) is 16.2 Å². The average Bonchev–Trinajstić information content (AvgIpc) is 4.05. The van der Waals surface area contributed by atoms with Crippen LogP contribution in [0.25, 0.3) is 94.2 Å². The largest absolute Gasteiger partial charge is 0.458 e. The van der Waals surface area contributed by atoms with Gasteiger partial charge in [-0.15, -0.1) is 0 Å². The molecule has 4 aromatic heterocycles. The molecule has 6 heteroatoms. The minimum Gasteiger partial charge on any atom is -0.458 e. The van der Waals surface area contributed by atoms with Crippen molar-refractivity contribution >= 4 is 54.8 Å². The van der Waals surface area contributed by atoms with Crippen molar-refractivity contribution in [2.45, 2.75) is 78.6 Å². The molecular weight excluding hydrogens is 881 g/mol. The van der Waals surface area contributed by atoms with E-state index in [9.17, 15) is 0 Å². The number of benzene rings is 8. The monoisotopic (exact) mass is 938 g/mol. The van der Waals surface area contributed by atoms with Gasteiger partial charge in [0.2, 0.25) is 0 Å². The summed E-state index contributed by atoms with van der Waals surface area (Å²) in [5, 5.41) is 4.50. The molecule has 0 aliphatic rings. The van der Waals surface area contributed by atoms with E-state index in [2.05, 4.69) is 252 Å². The van der Waals surface area contributed by atoms with Gasteiger partial charge in [0.15, 0.2) is 0 Å². The molecule has 72 heavy (non-hydrogen) atoms. The number of rotatable bonds is 7. The lowest BCUT2D eigenvalue weighted by Gasteiger charge is -2.30. The zero-order valence-electron chi connectivity index (χ0n) is 42.5. The number of ether oxygens (including phenoxy) is 1. The maximum atomic E-state index is 6.83. The van der Waals surface area contributed by atoms with Gasteiger partial charge in [-0.05, 0) is 116 Å². The van der Waals surface area contributed by atoms with E-state index in [1.54, 1.807) is 0 Å². The fraction of sp³-hybridized carbons (Fsp3) is 0.182. The Labute approximate surface area is 421 Å². The molecule has 0 amide bonds. The van der Waals surface area contributed by atoms with Crippen molar-refractivity contribution in [3.8, 4) is 50.9 Å². The lowest BCUT2D eigenvalue weighted by Crippen LogP contribution is -2.35. The van der Waals surface area contributed by atoms with Crippen molar-refractivity contribution in [3.63, 3.8) is 0 Å². The lowest BCUT2D eigenvalue weighted by atomic mass is 9.77. The molecule has 0 saturated carbocycles. The van der Waals surface area contributed by atoms with Crippen LogP contribution in [0.15, 0.2) is 193 Å². The normalized spacial score (nSPS) is 12.5. The van der Waals surface area contributed by atoms with E-state index in [1.165, 1.54) is 22.1 Å². The molecule has 0 N–H and O–H groups in total. The molecule has 0 unspecified atom stereocenters. The zero-order valence-corrected chi connectivity index (χ0v) is 42.5. The molecular formula is C66H58N4O2. The van der Waals surface area contributed by atoms with Gasteiger partial charge in [-0.3, -0.25) is 13.7 Å². The van der Waals surface area contributed by atoms with Gasteiger partial charge in [0.05, 0.1) is 33.4 Å². The third kappa shape index (κ3) is 7.73. The van der Waals surface area contributed by atoms with Crippen LogP contribution in [-0.2, 0) is 16.2 Å². The Hall–Kier alpha value is -8.22. The second-order valence-corrected chi connectivity index (χ2v) is 22.3. The minimum atomic E-state index is -0.240. The molecule has 354 valence electrons. The minimum absolute atomic E-state index is 0.0244. The smallest absolute Gasteiger partial charge is 0.269 e. The Kier molecular flexibility index (Phi) is 10.4. The summed E-state index contributed by atoms with van der Waals surface area (Å²) in [5.74, 6) is 2.34. The number of para-hydroxylation sites is 4. The van der Waals surface area contributed by atoms with Crippen LogP contribution in [0, 0.1) is 6.33 Å². The summed E-state index contributed by atoms with van der Waals surface area (Å²) in [6, 6.07) is 64.7. The number of aromatic nitrogens is 4. The fourth-order valence-corrected chi connectivity index (χ4v) is 10.4. The Bertz CT molecular complexity index is 4070. The van der Waals surface area contributed by atoms with Crippen molar-refractivity contribution in [1.29, 1.82) is 0 Å². The Morgan fingerprint density at radius 2 is 1.19 bits per heavy atom. The Morgan fingerprint density at radius 3 is 1.97 bits per heavy atom. The first-order valence-electron chi connectivity index (χ1n) is 25.0. The molecule has 0 fully saturated rings. The van der Waals surface area contributed by atoms with E-state index in [4.69, 9.17) is 14.1 Å². The summed E-state index contributed by atoms with van der Waals surface area (Å²) in [5.41, 5.74) is 15.7. The van der Waals surface area contributed by atoms with Gasteiger partial charge < -0.3 is 9.15 Å². The van der Waals surface area contributed by atoms with E-state index < -0.39 is 0 Å². The van der Waals surface area contributed by atoms with Gasteiger partial charge in [0, 0.05) is 39.4 Å². The lowest BCUT2D eigenvalue weighted by molar-refractivity contribution is -0.572. The highest BCUT2D eigenvalue weighted by Crippen LogP contribution is 2.44. The first-order chi connectivity index (χ1) is 34.6. The zero-order chi connectivity index (χ0) is 49.7. The highest BCUT2D eigenvalue weighted by atomic mass is 16.5. The highest BCUT2D eigenvalue weighted by molar-refractivity contribution is 6.12. The molecule has 0 aliphatic carbocycles. The van der Waals surface area contributed by atoms with Gasteiger partial charge in [-0.2, -0.15) is 0 Å². The maximum absolute atomic E-state index is 6.83. The molecule has 8 aromatic carbocycles. The molecule has 4 heterocycles. The molecule has 0 aliphatic heterocycles. The van der Waals surface area contributed by atoms with Crippen molar-refractivity contribution in [1.82, 2.24) is 14.1 Å². The van der Waals surface area contributed by atoms with Crippen molar-refractivity contribution < 1.29 is 13.7 Å². The standard InChI is InChI=1S/C66H58N4O2/c1-64(2,3)44-32-33-67-61(38-44)70-56-26-15-13-24-49(56)50-31-30-48(40-59(50)70)71-47-23-19-22-46(39-47)68-41-69(58-28-17-16-27-57(58)68)62-52(36-45(65(4,5)6)37-55(62)66(7,8)9)43-34-53(42-20-11-10-12-21-42)63-54(35-43)51-25-14-18-29-60(51)72-63/h10-40H,1-9H3. The van der Waals surface area contributed by atoms with Crippen molar-refractivity contribution in [3.05, 3.63) is 211 Å². The van der Waals surface area contributed by atoms with Gasteiger partial charge in [-0.1, -0.05) is 172 Å². The highest BCUT2D eigenvalue weighted by Gasteiger charge is 2.29. The number of furan rings is 1. The molecule has 0 saturated heterocycles. The molecule has 0 radical (unpaired) electrons. The summed E-state index contributed by atoms with van der Waals surface area (Å²) in [4.78, 5) is 4.91. The number of imidazole rings is 1. The van der Waals surface area contributed by atoms with Crippen LogP contribution in [-0.4, -0.2) is 14.1 Å². The average molecular weight is 939 g/mol. The number of nitrogens with zero attached hydrogens (tertiary/aromatic N) is 4. The van der Waals surface area contributed by atoms with Gasteiger partial charge in [0.1, 0.15) is 28.5 Å². The third-order valence-electron chi connectivity index (χ3n) is 14.2. The van der Waals surface area contributed by atoms with Gasteiger partial charge in [0.25, 0.3) is 6.33 Å². The van der Waals surface area contributed by atoms with Crippen molar-refractivity contribution in [2.75, 3.05) is 0 Å². The number of fused-ring (bicyclic) bond motifs is 7. The van der Waals surface area contributed by atoms with Crippen LogP contribution < -0.4 is 9.30 Å². The van der Waals surface area contributed by atoms with Crippen LogP contribution in [0.2, 0.25) is 0 Å².